The van der Waals surface area contributed by atoms with Gasteiger partial charge in [0.25, 0.3) is 0 Å². The van der Waals surface area contributed by atoms with Crippen molar-refractivity contribution in [3.05, 3.63) is 12.3 Å². The molecule has 2 atom stereocenters. The Morgan fingerprint density at radius 2 is 1.50 bits per heavy atom. The third-order valence-corrected chi connectivity index (χ3v) is 2.61. The highest BCUT2D eigenvalue weighted by Crippen LogP contribution is 2.10. The maximum Gasteiger partial charge on any atom is 0.0575 e. The van der Waals surface area contributed by atoms with Crippen LogP contribution in [0.3, 0.4) is 0 Å². The Kier molecular flexibility index (Phi) is 10.5. The number of aliphatic hydroxyl groups excluding tert-OH is 2. The van der Waals surface area contributed by atoms with E-state index in [1.807, 2.05) is 0 Å². The summed E-state index contributed by atoms with van der Waals surface area (Å²) >= 11 is 0. The monoisotopic (exact) mass is 230 g/mol. The Bertz CT molecular complexity index is 174. The summed E-state index contributed by atoms with van der Waals surface area (Å²) < 4.78 is 0. The number of hydrogen-bond donors (Lipinski definition) is 4. The van der Waals surface area contributed by atoms with Gasteiger partial charge in [-0.2, -0.15) is 0 Å². The molecule has 0 aliphatic rings. The summed E-state index contributed by atoms with van der Waals surface area (Å²) in [4.78, 5) is 0. The number of hydrogen-bond acceptors (Lipinski definition) is 4. The zero-order valence-corrected chi connectivity index (χ0v) is 10.0. The Morgan fingerprint density at radius 3 is 2.06 bits per heavy atom. The summed E-state index contributed by atoms with van der Waals surface area (Å²) in [5.74, 6) is 0. The lowest BCUT2D eigenvalue weighted by molar-refractivity contribution is 0.139. The van der Waals surface area contributed by atoms with Crippen molar-refractivity contribution in [3.8, 4) is 0 Å². The Labute approximate surface area is 98.3 Å². The SMILES string of the molecule is N/C=C/CC(O)CCCCC(O)CCCN. The molecule has 4 heteroatoms. The number of nitrogens with two attached hydrogens (primary N) is 2. The van der Waals surface area contributed by atoms with Crippen LogP contribution in [0.2, 0.25) is 0 Å². The molecule has 0 aromatic carbocycles. The van der Waals surface area contributed by atoms with Crippen LogP contribution in [0.4, 0.5) is 0 Å². The van der Waals surface area contributed by atoms with Gasteiger partial charge >= 0.3 is 0 Å². The lowest BCUT2D eigenvalue weighted by atomic mass is 10.0. The summed E-state index contributed by atoms with van der Waals surface area (Å²) in [6.07, 6.45) is 8.44. The summed E-state index contributed by atoms with van der Waals surface area (Å²) in [6, 6.07) is 0. The first-order valence-electron chi connectivity index (χ1n) is 6.13. The first kappa shape index (κ1) is 15.4. The molecule has 0 bridgehead atoms. The average molecular weight is 230 g/mol. The summed E-state index contributed by atoms with van der Waals surface area (Å²) in [5.41, 5.74) is 10.5. The molecular formula is C12H26N2O2. The van der Waals surface area contributed by atoms with E-state index in [-0.39, 0.29) is 12.2 Å². The van der Waals surface area contributed by atoms with Gasteiger partial charge in [-0.25, -0.2) is 0 Å². The molecule has 0 aromatic rings. The molecule has 96 valence electrons. The first-order valence-corrected chi connectivity index (χ1v) is 6.13. The fourth-order valence-corrected chi connectivity index (χ4v) is 1.61. The molecule has 6 N–H and O–H groups in total. The van der Waals surface area contributed by atoms with E-state index >= 15 is 0 Å². The van der Waals surface area contributed by atoms with Gasteiger partial charge in [-0.05, 0) is 44.8 Å². The standard InChI is InChI=1S/C12H26N2O2/c13-9-3-7-11(15)5-1-2-6-12(16)8-4-10-14/h3,9,11-12,15-16H,1-2,4-8,10,13-14H2/b9-3+. The van der Waals surface area contributed by atoms with Crippen LogP contribution in [-0.4, -0.2) is 29.0 Å². The minimum Gasteiger partial charge on any atom is -0.405 e. The summed E-state index contributed by atoms with van der Waals surface area (Å²) in [6.45, 7) is 0.640. The lowest BCUT2D eigenvalue weighted by Gasteiger charge is -2.11. The van der Waals surface area contributed by atoms with E-state index in [1.54, 1.807) is 6.08 Å². The fraction of sp³-hybridized carbons (Fsp3) is 0.833. The highest BCUT2D eigenvalue weighted by atomic mass is 16.3. The summed E-state index contributed by atoms with van der Waals surface area (Å²) in [5, 5.41) is 19.0. The zero-order chi connectivity index (χ0) is 12.2. The van der Waals surface area contributed by atoms with Gasteiger partial charge < -0.3 is 21.7 Å². The largest absolute Gasteiger partial charge is 0.405 e. The molecule has 0 fully saturated rings. The van der Waals surface area contributed by atoms with Crippen molar-refractivity contribution in [2.24, 2.45) is 11.5 Å². The van der Waals surface area contributed by atoms with Crippen LogP contribution in [0.25, 0.3) is 0 Å². The van der Waals surface area contributed by atoms with Crippen LogP contribution in [-0.2, 0) is 0 Å². The van der Waals surface area contributed by atoms with Gasteiger partial charge in [0.15, 0.2) is 0 Å². The second-order valence-corrected chi connectivity index (χ2v) is 4.19. The third kappa shape index (κ3) is 9.96. The molecule has 0 saturated carbocycles. The predicted molar refractivity (Wildman–Crippen MR) is 66.7 cm³/mol. The van der Waals surface area contributed by atoms with Crippen molar-refractivity contribution >= 4 is 0 Å². The Morgan fingerprint density at radius 1 is 0.938 bits per heavy atom. The Hall–Kier alpha value is -0.580. The molecular weight excluding hydrogens is 204 g/mol. The molecule has 0 radical (unpaired) electrons. The fourth-order valence-electron chi connectivity index (χ4n) is 1.61. The van der Waals surface area contributed by atoms with Crippen molar-refractivity contribution in [2.45, 2.75) is 57.2 Å². The van der Waals surface area contributed by atoms with Crippen molar-refractivity contribution < 1.29 is 10.2 Å². The highest BCUT2D eigenvalue weighted by Gasteiger charge is 2.05. The minimum absolute atomic E-state index is 0.232. The van der Waals surface area contributed by atoms with Crippen LogP contribution in [0.5, 0.6) is 0 Å². The maximum atomic E-state index is 9.54. The van der Waals surface area contributed by atoms with Gasteiger partial charge in [-0.15, -0.1) is 0 Å². The van der Waals surface area contributed by atoms with Crippen LogP contribution in [0.15, 0.2) is 12.3 Å². The third-order valence-electron chi connectivity index (χ3n) is 2.61. The van der Waals surface area contributed by atoms with Crippen LogP contribution >= 0.6 is 0 Å². The quantitative estimate of drug-likeness (QED) is 0.419. The average Bonchev–Trinajstić information content (AvgIpc) is 2.29. The molecule has 2 unspecified atom stereocenters. The van der Waals surface area contributed by atoms with Crippen LogP contribution in [0.1, 0.15) is 44.9 Å². The Balaban J connectivity index is 3.31. The number of rotatable bonds is 10. The summed E-state index contributed by atoms with van der Waals surface area (Å²) in [7, 11) is 0. The van der Waals surface area contributed by atoms with E-state index in [0.29, 0.717) is 13.0 Å². The molecule has 0 saturated heterocycles. The molecule has 0 rings (SSSR count). The zero-order valence-electron chi connectivity index (χ0n) is 10.0. The minimum atomic E-state index is -0.305. The van der Waals surface area contributed by atoms with Crippen LogP contribution in [0, 0.1) is 0 Å². The normalized spacial score (nSPS) is 15.4. The van der Waals surface area contributed by atoms with E-state index in [1.165, 1.54) is 6.20 Å². The first-order chi connectivity index (χ1) is 7.70. The van der Waals surface area contributed by atoms with Crippen molar-refractivity contribution in [1.82, 2.24) is 0 Å². The van der Waals surface area contributed by atoms with Gasteiger partial charge in [-0.3, -0.25) is 0 Å². The van der Waals surface area contributed by atoms with Crippen molar-refractivity contribution in [3.63, 3.8) is 0 Å². The van der Waals surface area contributed by atoms with E-state index < -0.39 is 0 Å². The van der Waals surface area contributed by atoms with E-state index in [9.17, 15) is 10.2 Å². The number of aliphatic hydroxyl groups is 2. The maximum absolute atomic E-state index is 9.54. The van der Waals surface area contributed by atoms with Gasteiger partial charge in [0.1, 0.15) is 0 Å². The van der Waals surface area contributed by atoms with E-state index in [4.69, 9.17) is 11.5 Å². The highest BCUT2D eigenvalue weighted by molar-refractivity contribution is 4.79. The van der Waals surface area contributed by atoms with Gasteiger partial charge in [0.05, 0.1) is 12.2 Å². The van der Waals surface area contributed by atoms with E-state index in [2.05, 4.69) is 0 Å². The van der Waals surface area contributed by atoms with Crippen molar-refractivity contribution in [1.29, 1.82) is 0 Å². The lowest BCUT2D eigenvalue weighted by Crippen LogP contribution is -2.10. The smallest absolute Gasteiger partial charge is 0.0575 e. The topological polar surface area (TPSA) is 92.5 Å². The second-order valence-electron chi connectivity index (χ2n) is 4.19. The van der Waals surface area contributed by atoms with Gasteiger partial charge in [0, 0.05) is 0 Å². The molecule has 4 nitrogen and oxygen atoms in total. The van der Waals surface area contributed by atoms with E-state index in [0.717, 1.165) is 38.5 Å². The molecule has 0 amide bonds. The molecule has 0 aliphatic heterocycles. The molecule has 16 heavy (non-hydrogen) atoms. The van der Waals surface area contributed by atoms with Crippen molar-refractivity contribution in [2.75, 3.05) is 6.54 Å². The van der Waals surface area contributed by atoms with Gasteiger partial charge in [0.2, 0.25) is 0 Å². The van der Waals surface area contributed by atoms with Gasteiger partial charge in [-0.1, -0.05) is 18.9 Å². The molecule has 0 spiro atoms. The predicted octanol–water partition coefficient (Wildman–Crippen LogP) is 0.870. The molecule has 0 heterocycles. The molecule has 0 aliphatic carbocycles. The molecule has 0 aromatic heterocycles. The van der Waals surface area contributed by atoms with Crippen LogP contribution < -0.4 is 11.5 Å². The second kappa shape index (κ2) is 10.9. The number of unbranched alkanes of at least 4 members (excludes halogenated alkanes) is 1.